The van der Waals surface area contributed by atoms with Crippen LogP contribution in [0.4, 0.5) is 0 Å². The number of aromatic nitrogens is 1. The smallest absolute Gasteiger partial charge is 0.0932 e. The van der Waals surface area contributed by atoms with Crippen LogP contribution in [0, 0.1) is 12.8 Å². The topological polar surface area (TPSA) is 12.9 Å². The van der Waals surface area contributed by atoms with Gasteiger partial charge in [-0.05, 0) is 12.3 Å². The summed E-state index contributed by atoms with van der Waals surface area (Å²) in [6, 6.07) is 0. The molecular weight excluding hydrogens is 178 g/mol. The quantitative estimate of drug-likeness (QED) is 0.702. The Morgan fingerprint density at radius 2 is 2.15 bits per heavy atom. The molecule has 0 aromatic carbocycles. The fourth-order valence-electron chi connectivity index (χ4n) is 2.13. The first-order valence-electron chi connectivity index (χ1n) is 5.11. The molecule has 1 heterocycles. The summed E-state index contributed by atoms with van der Waals surface area (Å²) in [4.78, 5) is 4.41. The molecule has 2 rings (SSSR count). The Balaban J connectivity index is 1.89. The second-order valence-electron chi connectivity index (χ2n) is 3.94. The summed E-state index contributed by atoms with van der Waals surface area (Å²) in [6.07, 6.45) is 8.28. The SMILES string of the molecule is [CH2]c1nc(CC2CCCCC2)cs1. The van der Waals surface area contributed by atoms with Gasteiger partial charge < -0.3 is 0 Å². The molecule has 2 heteroatoms. The Bertz CT molecular complexity index is 261. The fourth-order valence-corrected chi connectivity index (χ4v) is 2.72. The third-order valence-corrected chi connectivity index (χ3v) is 3.58. The van der Waals surface area contributed by atoms with E-state index >= 15 is 0 Å². The maximum absolute atomic E-state index is 4.41. The standard InChI is InChI=1S/C11H16NS/c1-9-12-11(8-13-9)7-10-5-3-2-4-6-10/h8,10H,1-7H2. The summed E-state index contributed by atoms with van der Waals surface area (Å²) in [6.45, 7) is 3.84. The molecule has 0 spiro atoms. The van der Waals surface area contributed by atoms with E-state index in [9.17, 15) is 0 Å². The maximum Gasteiger partial charge on any atom is 0.0932 e. The second-order valence-corrected chi connectivity index (χ2v) is 4.88. The van der Waals surface area contributed by atoms with E-state index in [1.54, 1.807) is 11.3 Å². The Morgan fingerprint density at radius 3 is 2.77 bits per heavy atom. The molecule has 1 aromatic heterocycles. The van der Waals surface area contributed by atoms with Crippen LogP contribution in [-0.4, -0.2) is 4.98 Å². The van der Waals surface area contributed by atoms with Crippen molar-refractivity contribution < 1.29 is 0 Å². The average Bonchev–Trinajstić information content (AvgIpc) is 2.53. The van der Waals surface area contributed by atoms with E-state index in [4.69, 9.17) is 0 Å². The molecule has 1 nitrogen and oxygen atoms in total. The highest BCUT2D eigenvalue weighted by Gasteiger charge is 2.14. The van der Waals surface area contributed by atoms with Gasteiger partial charge in [0.2, 0.25) is 0 Å². The Morgan fingerprint density at radius 1 is 1.38 bits per heavy atom. The summed E-state index contributed by atoms with van der Waals surface area (Å²) < 4.78 is 0. The Hall–Kier alpha value is -0.370. The van der Waals surface area contributed by atoms with E-state index < -0.39 is 0 Å². The summed E-state index contributed by atoms with van der Waals surface area (Å²) in [5.74, 6) is 0.898. The van der Waals surface area contributed by atoms with Crippen molar-refractivity contribution in [2.45, 2.75) is 38.5 Å². The van der Waals surface area contributed by atoms with E-state index in [0.717, 1.165) is 10.9 Å². The normalized spacial score (nSPS) is 19.2. The number of hydrogen-bond donors (Lipinski definition) is 0. The van der Waals surface area contributed by atoms with E-state index in [1.165, 1.54) is 44.2 Å². The van der Waals surface area contributed by atoms with Gasteiger partial charge >= 0.3 is 0 Å². The predicted octanol–water partition coefficient (Wildman–Crippen LogP) is 3.45. The first-order chi connectivity index (χ1) is 6.34. The highest BCUT2D eigenvalue weighted by atomic mass is 32.1. The fraction of sp³-hybridized carbons (Fsp3) is 0.636. The molecule has 1 radical (unpaired) electrons. The van der Waals surface area contributed by atoms with Crippen LogP contribution in [-0.2, 0) is 6.42 Å². The minimum Gasteiger partial charge on any atom is -0.246 e. The lowest BCUT2D eigenvalue weighted by Crippen LogP contribution is -2.09. The van der Waals surface area contributed by atoms with Crippen molar-refractivity contribution in [2.24, 2.45) is 5.92 Å². The molecule has 13 heavy (non-hydrogen) atoms. The first-order valence-corrected chi connectivity index (χ1v) is 5.99. The van der Waals surface area contributed by atoms with Crippen molar-refractivity contribution in [3.8, 4) is 0 Å². The zero-order valence-electron chi connectivity index (χ0n) is 7.96. The van der Waals surface area contributed by atoms with E-state index in [0.29, 0.717) is 0 Å². The molecule has 1 aliphatic carbocycles. The van der Waals surface area contributed by atoms with Crippen molar-refractivity contribution in [1.29, 1.82) is 0 Å². The molecule has 0 aliphatic heterocycles. The molecule has 1 aliphatic rings. The van der Waals surface area contributed by atoms with E-state index in [-0.39, 0.29) is 0 Å². The Labute approximate surface area is 84.2 Å². The van der Waals surface area contributed by atoms with Crippen LogP contribution in [0.25, 0.3) is 0 Å². The summed E-state index contributed by atoms with van der Waals surface area (Å²) >= 11 is 1.67. The summed E-state index contributed by atoms with van der Waals surface area (Å²) in [7, 11) is 0. The molecule has 1 fully saturated rings. The zero-order valence-corrected chi connectivity index (χ0v) is 8.78. The molecule has 1 aromatic rings. The molecule has 71 valence electrons. The van der Waals surface area contributed by atoms with Crippen molar-refractivity contribution >= 4 is 11.3 Å². The lowest BCUT2D eigenvalue weighted by Gasteiger charge is -2.20. The third-order valence-electron chi connectivity index (χ3n) is 2.82. The van der Waals surface area contributed by atoms with Gasteiger partial charge in [-0.1, -0.05) is 32.1 Å². The monoisotopic (exact) mass is 194 g/mol. The predicted molar refractivity (Wildman–Crippen MR) is 56.9 cm³/mol. The number of hydrogen-bond acceptors (Lipinski definition) is 2. The largest absolute Gasteiger partial charge is 0.246 e. The van der Waals surface area contributed by atoms with Crippen LogP contribution in [0.2, 0.25) is 0 Å². The molecule has 0 unspecified atom stereocenters. The van der Waals surface area contributed by atoms with Gasteiger partial charge in [0.25, 0.3) is 0 Å². The highest BCUT2D eigenvalue weighted by molar-refractivity contribution is 7.09. The third kappa shape index (κ3) is 2.53. The van der Waals surface area contributed by atoms with Crippen LogP contribution in [0.15, 0.2) is 5.38 Å². The van der Waals surface area contributed by atoms with Gasteiger partial charge in [-0.2, -0.15) is 0 Å². The number of nitrogens with zero attached hydrogens (tertiary/aromatic N) is 1. The van der Waals surface area contributed by atoms with E-state index in [1.807, 2.05) is 0 Å². The van der Waals surface area contributed by atoms with Gasteiger partial charge in [0.1, 0.15) is 0 Å². The van der Waals surface area contributed by atoms with Crippen molar-refractivity contribution in [1.82, 2.24) is 4.98 Å². The Kier molecular flexibility index (Phi) is 2.99. The lowest BCUT2D eigenvalue weighted by atomic mass is 9.86. The zero-order chi connectivity index (χ0) is 9.10. The average molecular weight is 194 g/mol. The lowest BCUT2D eigenvalue weighted by molar-refractivity contribution is 0.354. The molecule has 0 bridgehead atoms. The molecule has 0 atom stereocenters. The van der Waals surface area contributed by atoms with Crippen molar-refractivity contribution in [3.05, 3.63) is 23.0 Å². The highest BCUT2D eigenvalue weighted by Crippen LogP contribution is 2.27. The van der Waals surface area contributed by atoms with Gasteiger partial charge in [0.15, 0.2) is 0 Å². The van der Waals surface area contributed by atoms with Gasteiger partial charge in [-0.3, -0.25) is 0 Å². The van der Waals surface area contributed by atoms with Crippen LogP contribution in [0.1, 0.15) is 42.8 Å². The van der Waals surface area contributed by atoms with Gasteiger partial charge in [-0.15, -0.1) is 11.3 Å². The number of thiazole rings is 1. The van der Waals surface area contributed by atoms with Crippen LogP contribution < -0.4 is 0 Å². The van der Waals surface area contributed by atoms with Gasteiger partial charge in [-0.25, -0.2) is 4.98 Å². The molecular formula is C11H16NS. The molecule has 1 saturated carbocycles. The van der Waals surface area contributed by atoms with Crippen molar-refractivity contribution in [2.75, 3.05) is 0 Å². The molecule has 0 saturated heterocycles. The number of rotatable bonds is 2. The van der Waals surface area contributed by atoms with Gasteiger partial charge in [0.05, 0.1) is 10.7 Å². The summed E-state index contributed by atoms with van der Waals surface area (Å²) in [5.41, 5.74) is 1.27. The van der Waals surface area contributed by atoms with Gasteiger partial charge in [0, 0.05) is 12.3 Å². The van der Waals surface area contributed by atoms with Crippen molar-refractivity contribution in [3.63, 3.8) is 0 Å². The van der Waals surface area contributed by atoms with Crippen LogP contribution in [0.3, 0.4) is 0 Å². The van der Waals surface area contributed by atoms with E-state index in [2.05, 4.69) is 17.3 Å². The molecule has 0 amide bonds. The van der Waals surface area contributed by atoms with Crippen LogP contribution >= 0.6 is 11.3 Å². The minimum atomic E-state index is 0.898. The molecule has 0 N–H and O–H groups in total. The summed E-state index contributed by atoms with van der Waals surface area (Å²) in [5, 5.41) is 3.13. The maximum atomic E-state index is 4.41. The first kappa shape index (κ1) is 9.20. The minimum absolute atomic E-state index is 0.898. The second kappa shape index (κ2) is 4.23. The van der Waals surface area contributed by atoms with Crippen LogP contribution in [0.5, 0.6) is 0 Å².